The van der Waals surface area contributed by atoms with Crippen LogP contribution in [0.15, 0.2) is 48.5 Å². The van der Waals surface area contributed by atoms with Crippen LogP contribution in [0.25, 0.3) is 0 Å². The zero-order chi connectivity index (χ0) is 21.3. The summed E-state index contributed by atoms with van der Waals surface area (Å²) in [7, 11) is 0. The summed E-state index contributed by atoms with van der Waals surface area (Å²) >= 11 is 0. The van der Waals surface area contributed by atoms with Gasteiger partial charge in [-0.2, -0.15) is 0 Å². The summed E-state index contributed by atoms with van der Waals surface area (Å²) in [6.07, 6.45) is 2.58. The number of carbonyl (C=O) groups excluding carboxylic acids is 2. The Bertz CT molecular complexity index is 831. The molecule has 2 aromatic carbocycles. The van der Waals surface area contributed by atoms with Gasteiger partial charge in [0.05, 0.1) is 6.42 Å². The van der Waals surface area contributed by atoms with Crippen molar-refractivity contribution < 1.29 is 14.0 Å². The van der Waals surface area contributed by atoms with E-state index in [0.29, 0.717) is 12.1 Å². The topological polar surface area (TPSA) is 73.5 Å². The number of nitrogens with one attached hydrogen (secondary N) is 3. The predicted octanol–water partition coefficient (Wildman–Crippen LogP) is 3.13. The summed E-state index contributed by atoms with van der Waals surface area (Å²) in [5.41, 5.74) is 7.58. The molecule has 3 amide bonds. The fraction of sp³-hybridized carbons (Fsp3) is 0.391. The number of rotatable bonds is 6. The molecule has 1 aliphatic heterocycles. The van der Waals surface area contributed by atoms with Gasteiger partial charge in [0.15, 0.2) is 0 Å². The number of hydrazine groups is 1. The van der Waals surface area contributed by atoms with Crippen molar-refractivity contribution in [3.8, 4) is 0 Å². The Morgan fingerprint density at radius 3 is 2.20 bits per heavy atom. The molecule has 0 atom stereocenters. The van der Waals surface area contributed by atoms with Crippen molar-refractivity contribution in [3.63, 3.8) is 0 Å². The molecule has 6 nitrogen and oxygen atoms in total. The maximum atomic E-state index is 12.9. The third-order valence-corrected chi connectivity index (χ3v) is 5.35. The van der Waals surface area contributed by atoms with Crippen LogP contribution < -0.4 is 16.2 Å². The van der Waals surface area contributed by atoms with Crippen molar-refractivity contribution in [2.75, 3.05) is 13.1 Å². The molecule has 0 spiro atoms. The van der Waals surface area contributed by atoms with Crippen LogP contribution in [0.2, 0.25) is 0 Å². The third kappa shape index (κ3) is 7.15. The second-order valence-corrected chi connectivity index (χ2v) is 7.93. The lowest BCUT2D eigenvalue weighted by molar-refractivity contribution is -0.121. The molecule has 0 saturated carbocycles. The van der Waals surface area contributed by atoms with E-state index in [1.54, 1.807) is 0 Å². The van der Waals surface area contributed by atoms with Crippen LogP contribution in [0.3, 0.4) is 0 Å². The summed E-state index contributed by atoms with van der Waals surface area (Å²) < 4.78 is 12.9. The van der Waals surface area contributed by atoms with E-state index in [1.807, 2.05) is 12.1 Å². The SMILES string of the molecule is CC1CCN(Cc2ccc(CNC(=O)NNC(=O)Cc3ccc(F)cc3)cc2)CC1. The van der Waals surface area contributed by atoms with Crippen LogP contribution in [-0.4, -0.2) is 29.9 Å². The van der Waals surface area contributed by atoms with E-state index in [0.717, 1.165) is 31.1 Å². The molecule has 3 N–H and O–H groups in total. The van der Waals surface area contributed by atoms with Crippen molar-refractivity contribution in [3.05, 3.63) is 71.0 Å². The Morgan fingerprint density at radius 2 is 1.53 bits per heavy atom. The van der Waals surface area contributed by atoms with Crippen molar-refractivity contribution >= 4 is 11.9 Å². The second-order valence-electron chi connectivity index (χ2n) is 7.93. The standard InChI is InChI=1S/C23H29FN4O2/c1-17-10-12-28(13-11-17)16-20-4-2-19(3-5-20)15-25-23(30)27-26-22(29)14-18-6-8-21(24)9-7-18/h2-9,17H,10-16H2,1H3,(H,26,29)(H2,25,27,30). The molecule has 0 unspecified atom stereocenters. The number of likely N-dealkylation sites (tertiary alicyclic amines) is 1. The highest BCUT2D eigenvalue weighted by Gasteiger charge is 2.15. The number of carbonyl (C=O) groups is 2. The van der Waals surface area contributed by atoms with E-state index in [4.69, 9.17) is 0 Å². The van der Waals surface area contributed by atoms with Gasteiger partial charge in [0.25, 0.3) is 0 Å². The summed E-state index contributed by atoms with van der Waals surface area (Å²) in [6.45, 7) is 5.93. The Hall–Kier alpha value is -2.93. The average molecular weight is 413 g/mol. The summed E-state index contributed by atoms with van der Waals surface area (Å²) in [5, 5.41) is 2.71. The minimum Gasteiger partial charge on any atom is -0.333 e. The lowest BCUT2D eigenvalue weighted by atomic mass is 9.99. The average Bonchev–Trinajstić information content (AvgIpc) is 2.75. The Labute approximate surface area is 176 Å². The third-order valence-electron chi connectivity index (χ3n) is 5.35. The van der Waals surface area contributed by atoms with Crippen molar-refractivity contribution in [1.29, 1.82) is 0 Å². The molecule has 3 rings (SSSR count). The van der Waals surface area contributed by atoms with E-state index >= 15 is 0 Å². The number of urea groups is 1. The Morgan fingerprint density at radius 1 is 0.933 bits per heavy atom. The quantitative estimate of drug-likeness (QED) is 0.639. The highest BCUT2D eigenvalue weighted by molar-refractivity contribution is 5.82. The number of halogens is 1. The largest absolute Gasteiger partial charge is 0.333 e. The fourth-order valence-corrected chi connectivity index (χ4v) is 3.43. The molecule has 1 fully saturated rings. The second kappa shape index (κ2) is 10.7. The van der Waals surface area contributed by atoms with Gasteiger partial charge in [-0.05, 0) is 60.7 Å². The molecule has 2 aromatic rings. The van der Waals surface area contributed by atoms with Gasteiger partial charge in [-0.1, -0.05) is 43.3 Å². The molecule has 0 bridgehead atoms. The van der Waals surface area contributed by atoms with Gasteiger partial charge in [-0.25, -0.2) is 14.6 Å². The number of benzene rings is 2. The van der Waals surface area contributed by atoms with Crippen LogP contribution in [0.5, 0.6) is 0 Å². The van der Waals surface area contributed by atoms with Gasteiger partial charge in [0, 0.05) is 13.1 Å². The van der Waals surface area contributed by atoms with Gasteiger partial charge >= 0.3 is 6.03 Å². The van der Waals surface area contributed by atoms with Crippen molar-refractivity contribution in [1.82, 2.24) is 21.1 Å². The monoisotopic (exact) mass is 412 g/mol. The number of amides is 3. The zero-order valence-corrected chi connectivity index (χ0v) is 17.3. The summed E-state index contributed by atoms with van der Waals surface area (Å²) in [6, 6.07) is 13.4. The lowest BCUT2D eigenvalue weighted by Crippen LogP contribution is -2.47. The van der Waals surface area contributed by atoms with Gasteiger partial charge in [0.2, 0.25) is 5.91 Å². The van der Waals surface area contributed by atoms with Crippen LogP contribution in [0.1, 0.15) is 36.5 Å². The molecule has 7 heteroatoms. The highest BCUT2D eigenvalue weighted by Crippen LogP contribution is 2.18. The van der Waals surface area contributed by atoms with Crippen molar-refractivity contribution in [2.45, 2.75) is 39.3 Å². The maximum Gasteiger partial charge on any atom is 0.333 e. The van der Waals surface area contributed by atoms with Gasteiger partial charge in [-0.3, -0.25) is 15.1 Å². The first-order chi connectivity index (χ1) is 14.5. The van der Waals surface area contributed by atoms with Crippen LogP contribution >= 0.6 is 0 Å². The minimum absolute atomic E-state index is 0.0535. The molecular formula is C23H29FN4O2. The number of nitrogens with zero attached hydrogens (tertiary/aromatic N) is 1. The van der Waals surface area contributed by atoms with Gasteiger partial charge in [0.1, 0.15) is 5.82 Å². The molecule has 160 valence electrons. The molecule has 0 aromatic heterocycles. The first-order valence-electron chi connectivity index (χ1n) is 10.4. The van der Waals surface area contributed by atoms with E-state index in [1.165, 1.54) is 42.7 Å². The van der Waals surface area contributed by atoms with E-state index < -0.39 is 6.03 Å². The number of hydrogen-bond donors (Lipinski definition) is 3. The summed E-state index contributed by atoms with van der Waals surface area (Å²) in [5.74, 6) is 0.0904. The van der Waals surface area contributed by atoms with Crippen LogP contribution in [0, 0.1) is 11.7 Å². The van der Waals surface area contributed by atoms with Crippen LogP contribution in [-0.2, 0) is 24.3 Å². The first-order valence-corrected chi connectivity index (χ1v) is 10.4. The van der Waals surface area contributed by atoms with E-state index in [9.17, 15) is 14.0 Å². The molecule has 1 aliphatic rings. The Kier molecular flexibility index (Phi) is 7.79. The smallest absolute Gasteiger partial charge is 0.333 e. The molecule has 30 heavy (non-hydrogen) atoms. The fourth-order valence-electron chi connectivity index (χ4n) is 3.43. The number of piperidine rings is 1. The molecule has 1 heterocycles. The zero-order valence-electron chi connectivity index (χ0n) is 17.3. The Balaban J connectivity index is 1.35. The molecule has 0 aliphatic carbocycles. The van der Waals surface area contributed by atoms with Gasteiger partial charge < -0.3 is 5.32 Å². The maximum absolute atomic E-state index is 12.9. The van der Waals surface area contributed by atoms with Crippen LogP contribution in [0.4, 0.5) is 9.18 Å². The predicted molar refractivity (Wildman–Crippen MR) is 114 cm³/mol. The molecule has 1 saturated heterocycles. The lowest BCUT2D eigenvalue weighted by Gasteiger charge is -2.30. The highest BCUT2D eigenvalue weighted by atomic mass is 19.1. The molecular weight excluding hydrogens is 383 g/mol. The van der Waals surface area contributed by atoms with Gasteiger partial charge in [-0.15, -0.1) is 0 Å². The minimum atomic E-state index is -0.492. The van der Waals surface area contributed by atoms with E-state index in [-0.39, 0.29) is 18.1 Å². The normalized spacial score (nSPS) is 14.9. The molecule has 0 radical (unpaired) electrons. The van der Waals surface area contributed by atoms with E-state index in [2.05, 4.69) is 40.1 Å². The van der Waals surface area contributed by atoms with Crippen molar-refractivity contribution in [2.24, 2.45) is 5.92 Å². The first kappa shape index (κ1) is 21.8. The number of hydrogen-bond acceptors (Lipinski definition) is 3. The summed E-state index contributed by atoms with van der Waals surface area (Å²) in [4.78, 5) is 26.2.